The minimum absolute atomic E-state index is 0.123. The third-order valence-electron chi connectivity index (χ3n) is 5.51. The highest BCUT2D eigenvalue weighted by molar-refractivity contribution is 6.99. The second-order valence-corrected chi connectivity index (χ2v) is 13.0. The van der Waals surface area contributed by atoms with Crippen molar-refractivity contribution in [2.45, 2.75) is 38.3 Å². The number of anilines is 1. The lowest BCUT2D eigenvalue weighted by atomic mass is 10.2. The van der Waals surface area contributed by atoms with Gasteiger partial charge in [0.15, 0.2) is 0 Å². The van der Waals surface area contributed by atoms with Gasteiger partial charge in [-0.05, 0) is 40.0 Å². The standard InChI is InChI=1S/C26H30FNO2Si/c1-26(2,3)31(24-13-6-4-7-14-24,25-15-8-5-9-16-25)30-18-17-23(20-29)28-22-12-10-11-21(27)19-22/h4-16,19-20,23,28H,17-18H2,1-3H3/t23-/m0/s1. The van der Waals surface area contributed by atoms with Crippen molar-refractivity contribution in [1.29, 1.82) is 0 Å². The van der Waals surface area contributed by atoms with Crippen LogP contribution in [-0.2, 0) is 9.22 Å². The Morgan fingerprint density at radius 2 is 1.52 bits per heavy atom. The van der Waals surface area contributed by atoms with Crippen molar-refractivity contribution in [1.82, 2.24) is 0 Å². The van der Waals surface area contributed by atoms with E-state index in [0.717, 1.165) is 6.29 Å². The summed E-state index contributed by atoms with van der Waals surface area (Å²) in [4.78, 5) is 11.7. The van der Waals surface area contributed by atoms with Gasteiger partial charge in [0, 0.05) is 12.3 Å². The molecule has 31 heavy (non-hydrogen) atoms. The molecule has 1 atom stereocenters. The summed E-state index contributed by atoms with van der Waals surface area (Å²) in [5.41, 5.74) is 0.586. The molecule has 5 heteroatoms. The van der Waals surface area contributed by atoms with Crippen LogP contribution < -0.4 is 15.7 Å². The van der Waals surface area contributed by atoms with Crippen LogP contribution in [0.1, 0.15) is 27.2 Å². The Kier molecular flexibility index (Phi) is 7.41. The molecule has 1 N–H and O–H groups in total. The van der Waals surface area contributed by atoms with Crippen LogP contribution >= 0.6 is 0 Å². The van der Waals surface area contributed by atoms with Crippen molar-refractivity contribution < 1.29 is 13.6 Å². The molecule has 3 aromatic carbocycles. The number of hydrogen-bond acceptors (Lipinski definition) is 3. The molecular formula is C26H30FNO2Si. The Balaban J connectivity index is 1.86. The Labute approximate surface area is 185 Å². The van der Waals surface area contributed by atoms with Gasteiger partial charge in [0.25, 0.3) is 8.32 Å². The highest BCUT2D eigenvalue weighted by atomic mass is 28.4. The Hall–Kier alpha value is -2.76. The van der Waals surface area contributed by atoms with Gasteiger partial charge in [0.2, 0.25) is 0 Å². The molecule has 3 rings (SSSR count). The molecule has 0 saturated carbocycles. The normalized spacial score (nSPS) is 12.9. The fraction of sp³-hybridized carbons (Fsp3) is 0.269. The summed E-state index contributed by atoms with van der Waals surface area (Å²) < 4.78 is 20.3. The maximum absolute atomic E-state index is 13.5. The zero-order chi connectivity index (χ0) is 22.3. The molecule has 0 aliphatic carbocycles. The van der Waals surface area contributed by atoms with Gasteiger partial charge in [0.05, 0.1) is 6.04 Å². The van der Waals surface area contributed by atoms with Gasteiger partial charge in [-0.3, -0.25) is 0 Å². The van der Waals surface area contributed by atoms with E-state index in [-0.39, 0.29) is 10.9 Å². The summed E-state index contributed by atoms with van der Waals surface area (Å²) in [6.07, 6.45) is 1.35. The minimum atomic E-state index is -2.63. The van der Waals surface area contributed by atoms with Gasteiger partial charge in [-0.2, -0.15) is 0 Å². The third-order valence-corrected chi connectivity index (χ3v) is 10.5. The van der Waals surface area contributed by atoms with Gasteiger partial charge < -0.3 is 14.5 Å². The van der Waals surface area contributed by atoms with Gasteiger partial charge in [0.1, 0.15) is 12.1 Å². The molecule has 3 nitrogen and oxygen atoms in total. The van der Waals surface area contributed by atoms with E-state index < -0.39 is 14.4 Å². The van der Waals surface area contributed by atoms with E-state index in [9.17, 15) is 9.18 Å². The molecule has 0 amide bonds. The Bertz CT molecular complexity index is 934. The molecule has 0 aliphatic rings. The largest absolute Gasteiger partial charge is 0.407 e. The first-order chi connectivity index (χ1) is 14.9. The van der Waals surface area contributed by atoms with E-state index >= 15 is 0 Å². The van der Waals surface area contributed by atoms with Crippen molar-refractivity contribution in [2.24, 2.45) is 0 Å². The average Bonchev–Trinajstić information content (AvgIpc) is 2.76. The summed E-state index contributed by atoms with van der Waals surface area (Å²) in [7, 11) is -2.63. The first kappa shape index (κ1) is 22.9. The second-order valence-electron chi connectivity index (χ2n) is 8.70. The third kappa shape index (κ3) is 5.30. The van der Waals surface area contributed by atoms with E-state index in [2.05, 4.69) is 74.6 Å². The lowest BCUT2D eigenvalue weighted by Gasteiger charge is -2.43. The van der Waals surface area contributed by atoms with E-state index in [4.69, 9.17) is 4.43 Å². The van der Waals surface area contributed by atoms with Crippen LogP contribution in [0.4, 0.5) is 10.1 Å². The van der Waals surface area contributed by atoms with Crippen LogP contribution in [0.3, 0.4) is 0 Å². The molecule has 0 aromatic heterocycles. The van der Waals surface area contributed by atoms with Crippen LogP contribution in [-0.4, -0.2) is 27.3 Å². The Morgan fingerprint density at radius 3 is 2.00 bits per heavy atom. The first-order valence-electron chi connectivity index (χ1n) is 10.6. The molecular weight excluding hydrogens is 405 g/mol. The van der Waals surface area contributed by atoms with Crippen molar-refractivity contribution >= 4 is 30.7 Å². The lowest BCUT2D eigenvalue weighted by Crippen LogP contribution is -2.66. The van der Waals surface area contributed by atoms with Crippen LogP contribution in [0.5, 0.6) is 0 Å². The van der Waals surface area contributed by atoms with E-state index in [0.29, 0.717) is 18.7 Å². The molecule has 0 saturated heterocycles. The predicted molar refractivity (Wildman–Crippen MR) is 128 cm³/mol. The quantitative estimate of drug-likeness (QED) is 0.389. The number of benzene rings is 3. The number of nitrogens with one attached hydrogen (secondary N) is 1. The van der Waals surface area contributed by atoms with Crippen molar-refractivity contribution in [2.75, 3.05) is 11.9 Å². The minimum Gasteiger partial charge on any atom is -0.407 e. The molecule has 0 unspecified atom stereocenters. The van der Waals surface area contributed by atoms with Gasteiger partial charge >= 0.3 is 0 Å². The summed E-state index contributed by atoms with van der Waals surface area (Å²) in [6.45, 7) is 7.09. The molecule has 0 heterocycles. The van der Waals surface area contributed by atoms with Crippen molar-refractivity contribution in [3.8, 4) is 0 Å². The average molecular weight is 436 g/mol. The van der Waals surface area contributed by atoms with E-state index in [1.165, 1.54) is 22.5 Å². The van der Waals surface area contributed by atoms with Crippen molar-refractivity contribution in [3.05, 3.63) is 90.7 Å². The molecule has 0 spiro atoms. The monoisotopic (exact) mass is 435 g/mol. The molecule has 162 valence electrons. The van der Waals surface area contributed by atoms with Gasteiger partial charge in [-0.25, -0.2) is 4.39 Å². The fourth-order valence-corrected chi connectivity index (χ4v) is 8.65. The number of hydrogen-bond donors (Lipinski definition) is 1. The first-order valence-corrected chi connectivity index (χ1v) is 12.5. The molecule has 0 bridgehead atoms. The molecule has 0 fully saturated rings. The molecule has 0 radical (unpaired) electrons. The van der Waals surface area contributed by atoms with E-state index in [1.54, 1.807) is 12.1 Å². The second kappa shape index (κ2) is 10.0. The predicted octanol–water partition coefficient (Wildman–Crippen LogP) is 4.77. The summed E-state index contributed by atoms with van der Waals surface area (Å²) >= 11 is 0. The van der Waals surface area contributed by atoms with Crippen LogP contribution in [0.25, 0.3) is 0 Å². The number of carbonyl (C=O) groups is 1. The SMILES string of the molecule is CC(C)(C)[Si](OCC[C@@H](C=O)Nc1cccc(F)c1)(c1ccccc1)c1ccccc1. The molecule has 0 aliphatic heterocycles. The van der Waals surface area contributed by atoms with Crippen LogP contribution in [0.15, 0.2) is 84.9 Å². The maximum atomic E-state index is 13.5. The fourth-order valence-electron chi connectivity index (χ4n) is 4.07. The number of halogens is 1. The van der Waals surface area contributed by atoms with E-state index in [1.807, 2.05) is 12.1 Å². The summed E-state index contributed by atoms with van der Waals surface area (Å²) in [5.74, 6) is -0.335. The Morgan fingerprint density at radius 1 is 0.935 bits per heavy atom. The zero-order valence-corrected chi connectivity index (χ0v) is 19.3. The smallest absolute Gasteiger partial charge is 0.261 e. The summed E-state index contributed by atoms with van der Waals surface area (Å²) in [6, 6.07) is 26.5. The topological polar surface area (TPSA) is 38.3 Å². The highest BCUT2D eigenvalue weighted by Gasteiger charge is 2.50. The number of carbonyl (C=O) groups excluding carboxylic acids is 1. The van der Waals surface area contributed by atoms with Crippen molar-refractivity contribution in [3.63, 3.8) is 0 Å². The van der Waals surface area contributed by atoms with Gasteiger partial charge in [-0.1, -0.05) is 87.5 Å². The van der Waals surface area contributed by atoms with Crippen LogP contribution in [0.2, 0.25) is 5.04 Å². The lowest BCUT2D eigenvalue weighted by molar-refractivity contribution is -0.108. The zero-order valence-electron chi connectivity index (χ0n) is 18.3. The highest BCUT2D eigenvalue weighted by Crippen LogP contribution is 2.36. The molecule has 3 aromatic rings. The summed E-state index contributed by atoms with van der Waals surface area (Å²) in [5, 5.41) is 5.39. The number of rotatable bonds is 9. The maximum Gasteiger partial charge on any atom is 0.261 e. The van der Waals surface area contributed by atoms with Crippen LogP contribution in [0, 0.1) is 5.82 Å². The number of aldehydes is 1. The van der Waals surface area contributed by atoms with Gasteiger partial charge in [-0.15, -0.1) is 0 Å².